The van der Waals surface area contributed by atoms with Crippen LogP contribution in [0.4, 0.5) is 30.7 Å². The van der Waals surface area contributed by atoms with Crippen LogP contribution in [-0.4, -0.2) is 41.0 Å². The zero-order valence-corrected chi connectivity index (χ0v) is 10.8. The number of hydrogen-bond donors (Lipinski definition) is 2. The molecular weight excluding hydrogens is 315 g/mol. The molecule has 1 amide bonds. The fraction of sp³-hybridized carbons (Fsp3) is 0.800. The van der Waals surface area contributed by atoms with Gasteiger partial charge in [0.1, 0.15) is 6.04 Å². The molecule has 0 aliphatic heterocycles. The molecule has 0 spiro atoms. The smallest absolute Gasteiger partial charge is 0.460 e. The van der Waals surface area contributed by atoms with E-state index in [1.165, 1.54) is 13.8 Å². The Kier molecular flexibility index (Phi) is 5.61. The van der Waals surface area contributed by atoms with Gasteiger partial charge in [-0.15, -0.1) is 0 Å². The number of rotatable bonds is 6. The zero-order chi connectivity index (χ0) is 17.2. The third-order valence-corrected chi connectivity index (χ3v) is 2.35. The lowest BCUT2D eigenvalue weighted by atomic mass is 10.0. The minimum atomic E-state index is -6.66. The molecule has 0 rings (SSSR count). The molecule has 0 saturated heterocycles. The first-order valence-electron chi connectivity index (χ1n) is 5.50. The molecule has 21 heavy (non-hydrogen) atoms. The Hall–Kier alpha value is -1.55. The number of hydrogen-bond acceptors (Lipinski definition) is 2. The van der Waals surface area contributed by atoms with E-state index >= 15 is 0 Å². The van der Waals surface area contributed by atoms with E-state index in [4.69, 9.17) is 5.11 Å². The van der Waals surface area contributed by atoms with E-state index in [2.05, 4.69) is 0 Å². The maximum atomic E-state index is 13.0. The van der Waals surface area contributed by atoms with Crippen molar-refractivity contribution in [2.24, 2.45) is 5.92 Å². The molecule has 0 aromatic heterocycles. The van der Waals surface area contributed by atoms with Gasteiger partial charge in [0.05, 0.1) is 0 Å². The molecule has 0 heterocycles. The van der Waals surface area contributed by atoms with Crippen molar-refractivity contribution >= 4 is 11.9 Å². The highest BCUT2D eigenvalue weighted by Gasteiger charge is 2.76. The summed E-state index contributed by atoms with van der Waals surface area (Å²) in [7, 11) is 0. The summed E-state index contributed by atoms with van der Waals surface area (Å²) in [5.41, 5.74) is 0. The Morgan fingerprint density at radius 2 is 1.48 bits per heavy atom. The fourth-order valence-electron chi connectivity index (χ4n) is 1.26. The quantitative estimate of drug-likeness (QED) is 0.737. The molecule has 124 valence electrons. The van der Waals surface area contributed by atoms with Crippen molar-refractivity contribution in [1.29, 1.82) is 0 Å². The van der Waals surface area contributed by atoms with Crippen LogP contribution in [-0.2, 0) is 9.59 Å². The predicted octanol–water partition coefficient (Wildman–Crippen LogP) is 2.43. The number of halogens is 7. The number of carboxylic acids is 1. The monoisotopic (exact) mass is 327 g/mol. The van der Waals surface area contributed by atoms with Crippen LogP contribution < -0.4 is 5.32 Å². The van der Waals surface area contributed by atoms with Crippen molar-refractivity contribution in [3.05, 3.63) is 0 Å². The Bertz CT molecular complexity index is 406. The van der Waals surface area contributed by atoms with Gasteiger partial charge in [0, 0.05) is 0 Å². The molecule has 0 aliphatic rings. The van der Waals surface area contributed by atoms with Gasteiger partial charge in [-0.3, -0.25) is 4.79 Å². The van der Waals surface area contributed by atoms with Crippen LogP contribution in [0.1, 0.15) is 20.3 Å². The first-order chi connectivity index (χ1) is 9.14. The van der Waals surface area contributed by atoms with Crippen LogP contribution in [0.5, 0.6) is 0 Å². The topological polar surface area (TPSA) is 66.4 Å². The Morgan fingerprint density at radius 3 is 1.76 bits per heavy atom. The minimum Gasteiger partial charge on any atom is -0.480 e. The van der Waals surface area contributed by atoms with Crippen molar-refractivity contribution in [2.45, 2.75) is 44.3 Å². The number of aliphatic carboxylic acids is 1. The van der Waals surface area contributed by atoms with Crippen LogP contribution in [0, 0.1) is 5.92 Å². The molecule has 0 aromatic rings. The molecule has 0 radical (unpaired) electrons. The van der Waals surface area contributed by atoms with Crippen LogP contribution in [0.2, 0.25) is 0 Å². The molecule has 11 heteroatoms. The third kappa shape index (κ3) is 4.21. The van der Waals surface area contributed by atoms with Gasteiger partial charge < -0.3 is 10.4 Å². The van der Waals surface area contributed by atoms with E-state index in [0.717, 1.165) is 5.32 Å². The number of amides is 1. The van der Waals surface area contributed by atoms with Gasteiger partial charge in [-0.1, -0.05) is 13.8 Å². The van der Waals surface area contributed by atoms with Gasteiger partial charge in [0.15, 0.2) is 0 Å². The molecule has 0 aliphatic carbocycles. The normalized spacial score (nSPS) is 15.0. The second-order valence-corrected chi connectivity index (χ2v) is 4.64. The molecule has 0 saturated carbocycles. The second-order valence-electron chi connectivity index (χ2n) is 4.64. The van der Waals surface area contributed by atoms with Gasteiger partial charge in [0.2, 0.25) is 0 Å². The van der Waals surface area contributed by atoms with Gasteiger partial charge in [-0.2, -0.15) is 30.7 Å². The summed E-state index contributed by atoms with van der Waals surface area (Å²) in [4.78, 5) is 21.6. The Morgan fingerprint density at radius 1 is 1.05 bits per heavy atom. The van der Waals surface area contributed by atoms with Crippen LogP contribution >= 0.6 is 0 Å². The van der Waals surface area contributed by atoms with E-state index in [1.54, 1.807) is 0 Å². The lowest BCUT2D eigenvalue weighted by Gasteiger charge is -2.28. The lowest BCUT2D eigenvalue weighted by Crippen LogP contribution is -2.61. The van der Waals surface area contributed by atoms with E-state index in [-0.39, 0.29) is 0 Å². The average Bonchev–Trinajstić information content (AvgIpc) is 2.25. The summed E-state index contributed by atoms with van der Waals surface area (Å²) in [6.45, 7) is 2.87. The van der Waals surface area contributed by atoms with Crippen molar-refractivity contribution in [3.63, 3.8) is 0 Å². The molecule has 0 bridgehead atoms. The average molecular weight is 327 g/mol. The summed E-state index contributed by atoms with van der Waals surface area (Å²) < 4.78 is 86.7. The number of nitrogens with one attached hydrogen (secondary N) is 1. The van der Waals surface area contributed by atoms with E-state index in [0.29, 0.717) is 0 Å². The standard InChI is InChI=1S/C10H12F7NO3/c1-4(2)3-5(6(19)20)18-7(21)8(11,12)9(13,14)10(15,16)17/h4-5H,3H2,1-2H3,(H,18,21)(H,19,20)/t5-/m0/s1. The zero-order valence-electron chi connectivity index (χ0n) is 10.8. The number of carbonyl (C=O) groups is 2. The highest BCUT2D eigenvalue weighted by atomic mass is 19.4. The summed E-state index contributed by atoms with van der Waals surface area (Å²) in [5.74, 6) is -18.0. The van der Waals surface area contributed by atoms with Crippen molar-refractivity contribution < 1.29 is 45.4 Å². The summed E-state index contributed by atoms with van der Waals surface area (Å²) in [6.07, 6.45) is -7.08. The highest BCUT2D eigenvalue weighted by Crippen LogP contribution is 2.46. The second kappa shape index (κ2) is 6.06. The van der Waals surface area contributed by atoms with Crippen molar-refractivity contribution in [1.82, 2.24) is 5.32 Å². The van der Waals surface area contributed by atoms with E-state index < -0.39 is 48.3 Å². The highest BCUT2D eigenvalue weighted by molar-refractivity contribution is 5.89. The Balaban J connectivity index is 5.27. The number of carbonyl (C=O) groups excluding carboxylic acids is 1. The minimum absolute atomic E-state index is 0.422. The molecule has 4 nitrogen and oxygen atoms in total. The van der Waals surface area contributed by atoms with Gasteiger partial charge in [-0.05, 0) is 12.3 Å². The van der Waals surface area contributed by atoms with E-state index in [9.17, 15) is 40.3 Å². The molecular formula is C10H12F7NO3. The summed E-state index contributed by atoms with van der Waals surface area (Å²) in [6, 6.07) is -2.01. The van der Waals surface area contributed by atoms with Crippen LogP contribution in [0.15, 0.2) is 0 Å². The maximum Gasteiger partial charge on any atom is 0.460 e. The van der Waals surface area contributed by atoms with Crippen molar-refractivity contribution in [3.8, 4) is 0 Å². The molecule has 2 N–H and O–H groups in total. The number of carboxylic acid groups (broad SMARTS) is 1. The molecule has 1 atom stereocenters. The first-order valence-corrected chi connectivity index (χ1v) is 5.50. The molecule has 0 fully saturated rings. The van der Waals surface area contributed by atoms with E-state index in [1.807, 2.05) is 0 Å². The number of alkyl halides is 7. The van der Waals surface area contributed by atoms with Crippen LogP contribution in [0.25, 0.3) is 0 Å². The summed E-state index contributed by atoms with van der Waals surface area (Å²) >= 11 is 0. The van der Waals surface area contributed by atoms with Crippen LogP contribution in [0.3, 0.4) is 0 Å². The lowest BCUT2D eigenvalue weighted by molar-refractivity contribution is -0.344. The van der Waals surface area contributed by atoms with Crippen molar-refractivity contribution in [2.75, 3.05) is 0 Å². The molecule has 0 unspecified atom stereocenters. The summed E-state index contributed by atoms with van der Waals surface area (Å²) in [5, 5.41) is 9.63. The molecule has 0 aromatic carbocycles. The Labute approximate surface area is 114 Å². The third-order valence-electron chi connectivity index (χ3n) is 2.35. The van der Waals surface area contributed by atoms with Gasteiger partial charge in [0.25, 0.3) is 5.91 Å². The van der Waals surface area contributed by atoms with Gasteiger partial charge >= 0.3 is 24.0 Å². The maximum absolute atomic E-state index is 13.0. The predicted molar refractivity (Wildman–Crippen MR) is 55.0 cm³/mol. The largest absolute Gasteiger partial charge is 0.480 e. The first kappa shape index (κ1) is 19.4. The SMILES string of the molecule is CC(C)C[C@H](NC(=O)C(F)(F)C(F)(F)C(F)(F)F)C(=O)O. The van der Waals surface area contributed by atoms with Gasteiger partial charge in [-0.25, -0.2) is 4.79 Å². The fourth-order valence-corrected chi connectivity index (χ4v) is 1.26.